The second-order valence-corrected chi connectivity index (χ2v) is 8.32. The average molecular weight is 415 g/mol. The minimum Gasteiger partial charge on any atom is -0.316 e. The van der Waals surface area contributed by atoms with Gasteiger partial charge in [-0.1, -0.05) is 50.2 Å². The van der Waals surface area contributed by atoms with Gasteiger partial charge < -0.3 is 5.73 Å². The molecule has 3 rings (SSSR count). The Morgan fingerprint density at radius 3 is 1.93 bits per heavy atom. The minimum absolute atomic E-state index is 0.0143. The lowest BCUT2D eigenvalue weighted by Gasteiger charge is -2.16. The van der Waals surface area contributed by atoms with Gasteiger partial charge in [0, 0.05) is 0 Å². The number of nitrogens with two attached hydrogens (primary N) is 1. The normalized spacial score (nSPS) is 22.4. The molecule has 1 aliphatic rings. The maximum absolute atomic E-state index is 12.8. The molecule has 7 heteroatoms. The maximum Gasteiger partial charge on any atom is 0.416 e. The molecule has 1 aliphatic carbocycles. The highest BCUT2D eigenvalue weighted by molar-refractivity contribution is 5.35. The van der Waals surface area contributed by atoms with E-state index in [4.69, 9.17) is 5.73 Å². The van der Waals surface area contributed by atoms with Gasteiger partial charge in [0.2, 0.25) is 0 Å². The first-order valence-electron chi connectivity index (χ1n) is 9.40. The van der Waals surface area contributed by atoms with Crippen LogP contribution in [0.1, 0.15) is 54.5 Å². The molecular weight excluding hydrogens is 392 g/mol. The molecule has 0 bridgehead atoms. The number of benzene rings is 2. The molecular formula is C22H23F6N. The van der Waals surface area contributed by atoms with Crippen LogP contribution in [0.25, 0.3) is 0 Å². The van der Waals surface area contributed by atoms with Crippen molar-refractivity contribution >= 4 is 0 Å². The zero-order valence-corrected chi connectivity index (χ0v) is 16.1. The van der Waals surface area contributed by atoms with E-state index < -0.39 is 24.0 Å². The van der Waals surface area contributed by atoms with Crippen molar-refractivity contribution in [3.05, 3.63) is 70.8 Å². The number of halogens is 6. The average Bonchev–Trinajstić information content (AvgIpc) is 3.18. The molecule has 3 unspecified atom stereocenters. The van der Waals surface area contributed by atoms with Crippen LogP contribution in [0, 0.1) is 11.3 Å². The van der Waals surface area contributed by atoms with Gasteiger partial charge in [0.25, 0.3) is 0 Å². The molecule has 0 aromatic heterocycles. The first kappa shape index (κ1) is 21.7. The molecule has 158 valence electrons. The molecule has 0 radical (unpaired) electrons. The SMILES string of the molecule is CC1(C)C(CCc2ccc(C(F)(F)F)cc2)C1c1ccc(C(N)C(F)(F)F)cc1. The molecule has 2 aromatic carbocycles. The summed E-state index contributed by atoms with van der Waals surface area (Å²) in [4.78, 5) is 0. The maximum atomic E-state index is 12.8. The lowest BCUT2D eigenvalue weighted by Crippen LogP contribution is -2.28. The Kier molecular flexibility index (Phi) is 5.49. The summed E-state index contributed by atoms with van der Waals surface area (Å²) in [5.41, 5.74) is 6.40. The van der Waals surface area contributed by atoms with Crippen LogP contribution in [-0.2, 0) is 12.6 Å². The molecule has 0 aliphatic heterocycles. The van der Waals surface area contributed by atoms with Gasteiger partial charge in [0.1, 0.15) is 6.04 Å². The molecule has 0 saturated heterocycles. The highest BCUT2D eigenvalue weighted by Crippen LogP contribution is 2.66. The van der Waals surface area contributed by atoms with Gasteiger partial charge in [0.15, 0.2) is 0 Å². The van der Waals surface area contributed by atoms with E-state index in [0.717, 1.165) is 29.7 Å². The van der Waals surface area contributed by atoms with Crippen LogP contribution < -0.4 is 5.73 Å². The van der Waals surface area contributed by atoms with Gasteiger partial charge >= 0.3 is 12.4 Å². The molecule has 2 N–H and O–H groups in total. The Morgan fingerprint density at radius 1 is 0.897 bits per heavy atom. The summed E-state index contributed by atoms with van der Waals surface area (Å²) < 4.78 is 76.2. The van der Waals surface area contributed by atoms with Crippen molar-refractivity contribution < 1.29 is 26.3 Å². The Bertz CT molecular complexity index is 834. The summed E-state index contributed by atoms with van der Waals surface area (Å²) in [7, 11) is 0. The van der Waals surface area contributed by atoms with E-state index in [9.17, 15) is 26.3 Å². The summed E-state index contributed by atoms with van der Waals surface area (Å²) in [6.45, 7) is 4.20. The van der Waals surface area contributed by atoms with E-state index in [-0.39, 0.29) is 16.9 Å². The van der Waals surface area contributed by atoms with Crippen molar-refractivity contribution in [2.45, 2.75) is 51.0 Å². The molecule has 1 nitrogen and oxygen atoms in total. The third kappa shape index (κ3) is 4.60. The van der Waals surface area contributed by atoms with Crippen molar-refractivity contribution in [1.82, 2.24) is 0 Å². The number of alkyl halides is 6. The standard InChI is InChI=1S/C22H23F6N/c1-20(2)17(12-5-13-3-10-16(11-4-13)21(23,24)25)18(20)14-6-8-15(9-7-14)19(29)22(26,27)28/h3-4,6-11,17-19H,5,12,29H2,1-2H3. The second kappa shape index (κ2) is 7.35. The van der Waals surface area contributed by atoms with Gasteiger partial charge in [-0.2, -0.15) is 26.3 Å². The molecule has 1 saturated carbocycles. The highest BCUT2D eigenvalue weighted by atomic mass is 19.4. The van der Waals surface area contributed by atoms with Crippen LogP contribution in [-0.4, -0.2) is 6.18 Å². The van der Waals surface area contributed by atoms with Crippen molar-refractivity contribution in [3.8, 4) is 0 Å². The summed E-state index contributed by atoms with van der Waals surface area (Å²) in [5.74, 6) is 0.514. The Labute approximate surface area is 165 Å². The first-order chi connectivity index (χ1) is 13.3. The monoisotopic (exact) mass is 415 g/mol. The number of rotatable bonds is 5. The number of hydrogen-bond acceptors (Lipinski definition) is 1. The largest absolute Gasteiger partial charge is 0.416 e. The third-order valence-corrected chi connectivity index (χ3v) is 6.08. The van der Waals surface area contributed by atoms with Crippen molar-refractivity contribution in [1.29, 1.82) is 0 Å². The van der Waals surface area contributed by atoms with Gasteiger partial charge in [-0.3, -0.25) is 0 Å². The molecule has 29 heavy (non-hydrogen) atoms. The van der Waals surface area contributed by atoms with Crippen LogP contribution in [0.15, 0.2) is 48.5 Å². The fourth-order valence-electron chi connectivity index (χ4n) is 4.23. The highest BCUT2D eigenvalue weighted by Gasteiger charge is 2.57. The number of aryl methyl sites for hydroxylation is 1. The van der Waals surface area contributed by atoms with Crippen LogP contribution in [0.5, 0.6) is 0 Å². The topological polar surface area (TPSA) is 26.0 Å². The third-order valence-electron chi connectivity index (χ3n) is 6.08. The van der Waals surface area contributed by atoms with E-state index in [1.54, 1.807) is 12.1 Å². The fourth-order valence-corrected chi connectivity index (χ4v) is 4.23. The predicted octanol–water partition coefficient (Wildman–Crippen LogP) is 6.64. The quantitative estimate of drug-likeness (QED) is 0.545. The van der Waals surface area contributed by atoms with Crippen LogP contribution >= 0.6 is 0 Å². The van der Waals surface area contributed by atoms with Gasteiger partial charge in [-0.15, -0.1) is 0 Å². The van der Waals surface area contributed by atoms with Crippen LogP contribution in [0.4, 0.5) is 26.3 Å². The molecule has 0 amide bonds. The molecule has 1 fully saturated rings. The van der Waals surface area contributed by atoms with Crippen LogP contribution in [0.2, 0.25) is 0 Å². The summed E-state index contributed by atoms with van der Waals surface area (Å²) in [6.07, 6.45) is -7.37. The fraction of sp³-hybridized carbons (Fsp3) is 0.455. The molecule has 3 atom stereocenters. The Morgan fingerprint density at radius 2 is 1.45 bits per heavy atom. The lowest BCUT2D eigenvalue weighted by molar-refractivity contribution is -0.149. The predicted molar refractivity (Wildman–Crippen MR) is 99.2 cm³/mol. The van der Waals surface area contributed by atoms with Gasteiger partial charge in [-0.05, 0) is 58.9 Å². The van der Waals surface area contributed by atoms with E-state index >= 15 is 0 Å². The van der Waals surface area contributed by atoms with Gasteiger partial charge in [-0.25, -0.2) is 0 Å². The smallest absolute Gasteiger partial charge is 0.316 e. The summed E-state index contributed by atoms with van der Waals surface area (Å²) in [6, 6.07) is 9.43. The van der Waals surface area contributed by atoms with E-state index in [0.29, 0.717) is 12.3 Å². The molecule has 0 spiro atoms. The van der Waals surface area contributed by atoms with E-state index in [1.165, 1.54) is 24.3 Å². The van der Waals surface area contributed by atoms with Gasteiger partial charge in [0.05, 0.1) is 5.56 Å². The minimum atomic E-state index is -4.48. The van der Waals surface area contributed by atoms with Crippen molar-refractivity contribution in [2.24, 2.45) is 17.1 Å². The zero-order chi connectivity index (χ0) is 21.6. The molecule has 2 aromatic rings. The second-order valence-electron chi connectivity index (χ2n) is 8.32. The van der Waals surface area contributed by atoms with Crippen molar-refractivity contribution in [3.63, 3.8) is 0 Å². The Hall–Kier alpha value is -2.02. The Balaban J connectivity index is 1.64. The first-order valence-corrected chi connectivity index (χ1v) is 9.40. The summed E-state index contributed by atoms with van der Waals surface area (Å²) in [5, 5.41) is 0. The van der Waals surface area contributed by atoms with Crippen LogP contribution in [0.3, 0.4) is 0 Å². The van der Waals surface area contributed by atoms with E-state index in [1.807, 2.05) is 0 Å². The van der Waals surface area contributed by atoms with Crippen molar-refractivity contribution in [2.75, 3.05) is 0 Å². The lowest BCUT2D eigenvalue weighted by atomic mass is 9.99. The van der Waals surface area contributed by atoms with E-state index in [2.05, 4.69) is 13.8 Å². The molecule has 0 heterocycles. The summed E-state index contributed by atoms with van der Waals surface area (Å²) >= 11 is 0. The number of hydrogen-bond donors (Lipinski definition) is 1. The zero-order valence-electron chi connectivity index (χ0n) is 16.1.